The molecule has 1 aromatic heterocycles. The second-order valence-electron chi connectivity index (χ2n) is 10.3. The Bertz CT molecular complexity index is 1480. The van der Waals surface area contributed by atoms with Crippen LogP contribution in [0.5, 0.6) is 5.75 Å². The van der Waals surface area contributed by atoms with Gasteiger partial charge in [-0.3, -0.25) is 0 Å². The van der Waals surface area contributed by atoms with Gasteiger partial charge < -0.3 is 15.4 Å². The zero-order valence-electron chi connectivity index (χ0n) is 22.3. The fourth-order valence-corrected chi connectivity index (χ4v) is 6.69. The lowest BCUT2D eigenvalue weighted by molar-refractivity contribution is 0.000557. The number of halogens is 2. The Labute approximate surface area is 233 Å². The van der Waals surface area contributed by atoms with Gasteiger partial charge >= 0.3 is 0 Å². The highest BCUT2D eigenvalue weighted by molar-refractivity contribution is 7.92. The molecule has 2 N–H and O–H groups in total. The first-order valence-corrected chi connectivity index (χ1v) is 15.2. The van der Waals surface area contributed by atoms with Gasteiger partial charge in [0.1, 0.15) is 10.8 Å². The molecule has 3 heterocycles. The molecular formula is C28H33ClFN5O3S. The molecular weight excluding hydrogens is 541 g/mol. The predicted octanol–water partition coefficient (Wildman–Crippen LogP) is 6.50. The number of ether oxygens (including phenoxy) is 1. The zero-order valence-corrected chi connectivity index (χ0v) is 23.9. The first-order chi connectivity index (χ1) is 18.6. The summed E-state index contributed by atoms with van der Waals surface area (Å²) in [5, 5.41) is 6.95. The maximum absolute atomic E-state index is 13.7. The van der Waals surface area contributed by atoms with E-state index in [9.17, 15) is 12.9 Å². The molecule has 8 nitrogen and oxygen atoms in total. The Kier molecular flexibility index (Phi) is 7.98. The number of benzene rings is 2. The molecule has 39 heavy (non-hydrogen) atoms. The summed E-state index contributed by atoms with van der Waals surface area (Å²) in [7, 11) is -3.54. The van der Waals surface area contributed by atoms with Crippen LogP contribution in [0, 0.1) is 6.92 Å². The Hall–Kier alpha value is -2.95. The zero-order chi connectivity index (χ0) is 27.7. The molecule has 2 aliphatic rings. The molecule has 0 spiro atoms. The van der Waals surface area contributed by atoms with Gasteiger partial charge in [-0.2, -0.15) is 4.98 Å². The summed E-state index contributed by atoms with van der Waals surface area (Å²) in [5.74, 6) is 1.65. The van der Waals surface area contributed by atoms with E-state index in [4.69, 9.17) is 16.3 Å². The van der Waals surface area contributed by atoms with Crippen LogP contribution in [-0.2, 0) is 16.3 Å². The van der Waals surface area contributed by atoms with Crippen molar-refractivity contribution in [2.45, 2.75) is 62.5 Å². The lowest BCUT2D eigenvalue weighted by Crippen LogP contribution is -2.27. The quantitative estimate of drug-likeness (QED) is 0.309. The topological polar surface area (TPSA) is 96.5 Å². The van der Waals surface area contributed by atoms with E-state index in [1.165, 1.54) is 17.3 Å². The van der Waals surface area contributed by atoms with Gasteiger partial charge in [-0.25, -0.2) is 13.4 Å². The van der Waals surface area contributed by atoms with E-state index in [1.807, 2.05) is 6.07 Å². The summed E-state index contributed by atoms with van der Waals surface area (Å²) in [6.07, 6.45) is 4.85. The number of aromatic nitrogens is 2. The molecule has 3 aromatic rings. The number of piperidine rings is 1. The minimum Gasteiger partial charge on any atom is -0.491 e. The van der Waals surface area contributed by atoms with E-state index in [2.05, 4.69) is 27.5 Å². The smallest absolute Gasteiger partial charge is 0.229 e. The first kappa shape index (κ1) is 27.6. The minimum atomic E-state index is -3.54. The monoisotopic (exact) mass is 573 g/mol. The third-order valence-electron chi connectivity index (χ3n) is 7.35. The van der Waals surface area contributed by atoms with Crippen LogP contribution in [0.4, 0.5) is 27.6 Å². The van der Waals surface area contributed by atoms with Crippen molar-refractivity contribution in [3.05, 3.63) is 58.2 Å². The van der Waals surface area contributed by atoms with Crippen LogP contribution >= 0.6 is 11.6 Å². The van der Waals surface area contributed by atoms with Crippen LogP contribution < -0.4 is 15.4 Å². The van der Waals surface area contributed by atoms with Crippen LogP contribution in [-0.4, -0.2) is 48.5 Å². The molecule has 11 heteroatoms. The summed E-state index contributed by atoms with van der Waals surface area (Å²) in [6.45, 7) is 6.87. The molecule has 0 aliphatic carbocycles. The number of para-hydroxylation sites is 1. The highest BCUT2D eigenvalue weighted by Gasteiger charge is 2.29. The van der Waals surface area contributed by atoms with Gasteiger partial charge in [0, 0.05) is 18.7 Å². The average Bonchev–Trinajstić information content (AvgIpc) is 2.91. The molecule has 1 fully saturated rings. The van der Waals surface area contributed by atoms with Crippen LogP contribution in [0.2, 0.25) is 5.02 Å². The predicted molar refractivity (Wildman–Crippen MR) is 152 cm³/mol. The van der Waals surface area contributed by atoms with E-state index in [0.717, 1.165) is 47.8 Å². The lowest BCUT2D eigenvalue weighted by atomic mass is 9.82. The molecule has 0 radical (unpaired) electrons. The van der Waals surface area contributed by atoms with Gasteiger partial charge in [0.2, 0.25) is 5.95 Å². The molecule has 0 amide bonds. The minimum absolute atomic E-state index is 0.177. The molecule has 0 bridgehead atoms. The fraction of sp³-hybridized carbons (Fsp3) is 0.429. The van der Waals surface area contributed by atoms with Crippen molar-refractivity contribution in [3.63, 3.8) is 0 Å². The van der Waals surface area contributed by atoms with E-state index < -0.39 is 15.1 Å². The van der Waals surface area contributed by atoms with Crippen molar-refractivity contribution >= 4 is 44.6 Å². The molecule has 0 saturated carbocycles. The number of hydrogen-bond donors (Lipinski definition) is 2. The second-order valence-corrected chi connectivity index (χ2v) is 13.2. The number of nitrogens with one attached hydrogen (secondary N) is 2. The van der Waals surface area contributed by atoms with Crippen LogP contribution in [0.15, 0.2) is 41.4 Å². The second kappa shape index (κ2) is 11.3. The van der Waals surface area contributed by atoms with Gasteiger partial charge in [-0.15, -0.1) is 9.60 Å². The van der Waals surface area contributed by atoms with Gasteiger partial charge in [0.25, 0.3) is 0 Å². The number of sulfone groups is 1. The number of anilines is 4. The standard InChI is InChI=1S/C28H33ClFN5O3S/c1-17(2)39(36,37)24-9-5-4-8-22(24)32-27-21(29)16-31-28(34-27)33-23-15-18(3)25(19-10-12-35(30)13-11-19)20-7-6-14-38-26(20)23/h4-5,8-9,15-17,19H,6-7,10-14H2,1-3H3,(H2,31,32,33,34). The summed E-state index contributed by atoms with van der Waals surface area (Å²) in [6, 6.07) is 8.72. The molecule has 208 valence electrons. The number of rotatable bonds is 7. The average molecular weight is 574 g/mol. The van der Waals surface area contributed by atoms with E-state index >= 15 is 0 Å². The van der Waals surface area contributed by atoms with E-state index in [0.29, 0.717) is 37.3 Å². The summed E-state index contributed by atoms with van der Waals surface area (Å²) >= 11 is 6.42. The molecule has 1 saturated heterocycles. The van der Waals surface area contributed by atoms with Crippen molar-refractivity contribution in [2.75, 3.05) is 30.3 Å². The van der Waals surface area contributed by atoms with Crippen molar-refractivity contribution in [1.29, 1.82) is 0 Å². The van der Waals surface area contributed by atoms with Crippen LogP contribution in [0.25, 0.3) is 0 Å². The Morgan fingerprint density at radius 1 is 1.15 bits per heavy atom. The summed E-state index contributed by atoms with van der Waals surface area (Å²) in [4.78, 5) is 9.10. The largest absolute Gasteiger partial charge is 0.491 e. The Balaban J connectivity index is 1.46. The van der Waals surface area contributed by atoms with Gasteiger partial charge in [0.05, 0.1) is 34.3 Å². The van der Waals surface area contributed by atoms with Gasteiger partial charge in [0.15, 0.2) is 15.7 Å². The molecule has 5 rings (SSSR count). The molecule has 2 aliphatic heterocycles. The van der Waals surface area contributed by atoms with Crippen LogP contribution in [0.1, 0.15) is 55.7 Å². The number of hydrogen-bond acceptors (Lipinski definition) is 8. The third kappa shape index (κ3) is 5.69. The molecule has 2 aromatic carbocycles. The third-order valence-corrected chi connectivity index (χ3v) is 9.84. The molecule has 0 unspecified atom stereocenters. The van der Waals surface area contributed by atoms with Gasteiger partial charge in [-0.05, 0) is 81.7 Å². The highest BCUT2D eigenvalue weighted by atomic mass is 35.5. The van der Waals surface area contributed by atoms with Crippen molar-refractivity contribution in [2.24, 2.45) is 0 Å². The molecule has 0 atom stereocenters. The summed E-state index contributed by atoms with van der Waals surface area (Å²) in [5.41, 5.74) is 4.70. The lowest BCUT2D eigenvalue weighted by Gasteiger charge is -2.32. The fourth-order valence-electron chi connectivity index (χ4n) is 5.35. The maximum atomic E-state index is 13.7. The van der Waals surface area contributed by atoms with Crippen molar-refractivity contribution in [3.8, 4) is 5.75 Å². The van der Waals surface area contributed by atoms with E-state index in [1.54, 1.807) is 38.1 Å². The van der Waals surface area contributed by atoms with Crippen molar-refractivity contribution in [1.82, 2.24) is 15.1 Å². The summed E-state index contributed by atoms with van der Waals surface area (Å²) < 4.78 is 45.6. The first-order valence-electron chi connectivity index (χ1n) is 13.2. The number of aryl methyl sites for hydroxylation is 1. The van der Waals surface area contributed by atoms with Gasteiger partial charge in [-0.1, -0.05) is 23.7 Å². The number of nitrogens with zero attached hydrogens (tertiary/aromatic N) is 3. The van der Waals surface area contributed by atoms with E-state index in [-0.39, 0.29) is 15.7 Å². The maximum Gasteiger partial charge on any atom is 0.229 e. The van der Waals surface area contributed by atoms with Crippen LogP contribution in [0.3, 0.4) is 0 Å². The number of fused-ring (bicyclic) bond motifs is 1. The Morgan fingerprint density at radius 2 is 1.90 bits per heavy atom. The Morgan fingerprint density at radius 3 is 2.64 bits per heavy atom. The normalized spacial score (nSPS) is 16.6. The van der Waals surface area contributed by atoms with Crippen molar-refractivity contribution < 1.29 is 17.6 Å². The SMILES string of the molecule is Cc1cc(Nc2ncc(Cl)c(Nc3ccccc3S(=O)(=O)C(C)C)n2)c2c(c1C1CCN(F)CC1)CCCO2. The highest BCUT2D eigenvalue weighted by Crippen LogP contribution is 2.44.